The lowest BCUT2D eigenvalue weighted by Gasteiger charge is -2.05. The van der Waals surface area contributed by atoms with Gasteiger partial charge >= 0.3 is 0 Å². The van der Waals surface area contributed by atoms with Gasteiger partial charge in [-0.25, -0.2) is 0 Å². The van der Waals surface area contributed by atoms with Crippen LogP contribution in [0, 0.1) is 5.92 Å². The molecule has 0 fully saturated rings. The van der Waals surface area contributed by atoms with E-state index in [1.807, 2.05) is 6.92 Å². The Kier molecular flexibility index (Phi) is 7.07. The smallest absolute Gasteiger partial charge is 0.220 e. The highest BCUT2D eigenvalue weighted by molar-refractivity contribution is 5.80. The standard InChI is InChI=1S/C11H21NO2/c1-4-10(13)7-8-12-11(14)6-5-9(2)3/h9H,4-8H2,1-3H3,(H,12,14). The minimum absolute atomic E-state index is 0.0580. The van der Waals surface area contributed by atoms with Gasteiger partial charge < -0.3 is 5.32 Å². The second-order valence-electron chi connectivity index (χ2n) is 3.92. The molecule has 0 saturated carbocycles. The third-order valence-corrected chi connectivity index (χ3v) is 2.07. The van der Waals surface area contributed by atoms with Gasteiger partial charge in [0.25, 0.3) is 0 Å². The van der Waals surface area contributed by atoms with Crippen LogP contribution in [0.1, 0.15) is 46.5 Å². The predicted molar refractivity (Wildman–Crippen MR) is 57.0 cm³/mol. The van der Waals surface area contributed by atoms with Crippen molar-refractivity contribution in [2.75, 3.05) is 6.54 Å². The van der Waals surface area contributed by atoms with Crippen LogP contribution in [-0.2, 0) is 9.59 Å². The van der Waals surface area contributed by atoms with E-state index in [-0.39, 0.29) is 11.7 Å². The molecule has 0 aromatic carbocycles. The maximum absolute atomic E-state index is 11.2. The Morgan fingerprint density at radius 2 is 1.86 bits per heavy atom. The van der Waals surface area contributed by atoms with Gasteiger partial charge in [0.1, 0.15) is 5.78 Å². The van der Waals surface area contributed by atoms with Crippen LogP contribution >= 0.6 is 0 Å². The van der Waals surface area contributed by atoms with Crippen LogP contribution in [0.15, 0.2) is 0 Å². The highest BCUT2D eigenvalue weighted by Gasteiger charge is 2.03. The average molecular weight is 199 g/mol. The number of carbonyl (C=O) groups excluding carboxylic acids is 2. The van der Waals surface area contributed by atoms with Crippen molar-refractivity contribution in [2.24, 2.45) is 5.92 Å². The fraction of sp³-hybridized carbons (Fsp3) is 0.818. The van der Waals surface area contributed by atoms with Crippen molar-refractivity contribution < 1.29 is 9.59 Å². The Balaban J connectivity index is 3.40. The van der Waals surface area contributed by atoms with Crippen molar-refractivity contribution in [3.05, 3.63) is 0 Å². The molecule has 0 aromatic heterocycles. The van der Waals surface area contributed by atoms with E-state index in [9.17, 15) is 9.59 Å². The second-order valence-corrected chi connectivity index (χ2v) is 3.92. The Morgan fingerprint density at radius 1 is 1.21 bits per heavy atom. The van der Waals surface area contributed by atoms with E-state index >= 15 is 0 Å². The molecule has 0 aliphatic heterocycles. The summed E-state index contributed by atoms with van der Waals surface area (Å²) in [5.41, 5.74) is 0. The second kappa shape index (κ2) is 7.54. The van der Waals surface area contributed by atoms with Crippen LogP contribution < -0.4 is 5.32 Å². The molecule has 82 valence electrons. The molecular formula is C11H21NO2. The number of Topliss-reactive ketones (excluding diaryl/α,β-unsaturated/α-hetero) is 1. The van der Waals surface area contributed by atoms with Crippen molar-refractivity contribution in [1.29, 1.82) is 0 Å². The first-order valence-electron chi connectivity index (χ1n) is 5.34. The summed E-state index contributed by atoms with van der Waals surface area (Å²) in [6.45, 7) is 6.51. The van der Waals surface area contributed by atoms with E-state index in [4.69, 9.17) is 0 Å². The van der Waals surface area contributed by atoms with Gasteiger partial charge in [-0.1, -0.05) is 20.8 Å². The van der Waals surface area contributed by atoms with E-state index in [0.717, 1.165) is 6.42 Å². The van der Waals surface area contributed by atoms with E-state index in [1.54, 1.807) is 0 Å². The summed E-state index contributed by atoms with van der Waals surface area (Å²) < 4.78 is 0. The molecule has 0 aliphatic carbocycles. The maximum Gasteiger partial charge on any atom is 0.220 e. The first-order valence-corrected chi connectivity index (χ1v) is 5.34. The SMILES string of the molecule is CCC(=O)CCNC(=O)CCC(C)C. The zero-order chi connectivity index (χ0) is 11.0. The van der Waals surface area contributed by atoms with Gasteiger partial charge in [-0.15, -0.1) is 0 Å². The van der Waals surface area contributed by atoms with Crippen LogP contribution in [0.2, 0.25) is 0 Å². The van der Waals surface area contributed by atoms with Crippen LogP contribution in [0.25, 0.3) is 0 Å². The van der Waals surface area contributed by atoms with Crippen molar-refractivity contribution >= 4 is 11.7 Å². The Bertz CT molecular complexity index is 188. The topological polar surface area (TPSA) is 46.2 Å². The lowest BCUT2D eigenvalue weighted by atomic mass is 10.1. The van der Waals surface area contributed by atoms with Crippen LogP contribution in [0.4, 0.5) is 0 Å². The average Bonchev–Trinajstić information content (AvgIpc) is 2.14. The van der Waals surface area contributed by atoms with E-state index in [2.05, 4.69) is 19.2 Å². The monoisotopic (exact) mass is 199 g/mol. The van der Waals surface area contributed by atoms with Crippen molar-refractivity contribution in [1.82, 2.24) is 5.32 Å². The van der Waals surface area contributed by atoms with Crippen molar-refractivity contribution in [2.45, 2.75) is 46.5 Å². The van der Waals surface area contributed by atoms with Gasteiger partial charge in [0, 0.05) is 25.8 Å². The lowest BCUT2D eigenvalue weighted by Crippen LogP contribution is -2.25. The Hall–Kier alpha value is -0.860. The van der Waals surface area contributed by atoms with Gasteiger partial charge in [0.15, 0.2) is 0 Å². The largest absolute Gasteiger partial charge is 0.356 e. The van der Waals surface area contributed by atoms with E-state index in [0.29, 0.717) is 31.7 Å². The molecule has 1 N–H and O–H groups in total. The van der Waals surface area contributed by atoms with E-state index < -0.39 is 0 Å². The van der Waals surface area contributed by atoms with Crippen LogP contribution in [-0.4, -0.2) is 18.2 Å². The number of amides is 1. The number of carbonyl (C=O) groups is 2. The molecule has 0 unspecified atom stereocenters. The highest BCUT2D eigenvalue weighted by Crippen LogP contribution is 2.02. The first-order chi connectivity index (χ1) is 6.56. The summed E-state index contributed by atoms with van der Waals surface area (Å²) >= 11 is 0. The highest BCUT2D eigenvalue weighted by atomic mass is 16.1. The zero-order valence-electron chi connectivity index (χ0n) is 9.43. The summed E-state index contributed by atoms with van der Waals surface area (Å²) in [6, 6.07) is 0. The van der Waals surface area contributed by atoms with E-state index in [1.165, 1.54) is 0 Å². The molecule has 0 spiro atoms. The minimum atomic E-state index is 0.0580. The Labute approximate surface area is 86.3 Å². The molecule has 14 heavy (non-hydrogen) atoms. The molecule has 0 saturated heterocycles. The lowest BCUT2D eigenvalue weighted by molar-refractivity contribution is -0.121. The molecule has 3 heteroatoms. The van der Waals surface area contributed by atoms with Crippen molar-refractivity contribution in [3.63, 3.8) is 0 Å². The molecule has 0 aliphatic rings. The molecule has 0 rings (SSSR count). The maximum atomic E-state index is 11.2. The van der Waals surface area contributed by atoms with Crippen LogP contribution in [0.5, 0.6) is 0 Å². The van der Waals surface area contributed by atoms with Gasteiger partial charge in [0.05, 0.1) is 0 Å². The summed E-state index contributed by atoms with van der Waals surface area (Å²) in [4.78, 5) is 22.1. The number of hydrogen-bond donors (Lipinski definition) is 1. The summed E-state index contributed by atoms with van der Waals surface area (Å²) in [5, 5.41) is 2.74. The number of hydrogen-bond acceptors (Lipinski definition) is 2. The number of ketones is 1. The zero-order valence-corrected chi connectivity index (χ0v) is 9.43. The molecule has 0 atom stereocenters. The fourth-order valence-corrected chi connectivity index (χ4v) is 1.03. The first kappa shape index (κ1) is 13.1. The molecule has 0 heterocycles. The number of nitrogens with one attached hydrogen (secondary N) is 1. The quantitative estimate of drug-likeness (QED) is 0.680. The summed E-state index contributed by atoms with van der Waals surface area (Å²) in [6.07, 6.45) is 2.50. The molecule has 0 bridgehead atoms. The molecule has 1 amide bonds. The third-order valence-electron chi connectivity index (χ3n) is 2.07. The molecule has 3 nitrogen and oxygen atoms in total. The summed E-state index contributed by atoms with van der Waals surface area (Å²) in [7, 11) is 0. The normalized spacial score (nSPS) is 10.3. The predicted octanol–water partition coefficient (Wildman–Crippen LogP) is 1.91. The Morgan fingerprint density at radius 3 is 2.36 bits per heavy atom. The van der Waals surface area contributed by atoms with Gasteiger partial charge in [0.2, 0.25) is 5.91 Å². The fourth-order valence-electron chi connectivity index (χ4n) is 1.03. The third kappa shape index (κ3) is 7.77. The minimum Gasteiger partial charge on any atom is -0.356 e. The van der Waals surface area contributed by atoms with Crippen LogP contribution in [0.3, 0.4) is 0 Å². The summed E-state index contributed by atoms with van der Waals surface area (Å²) in [5.74, 6) is 0.815. The molecule has 0 radical (unpaired) electrons. The van der Waals surface area contributed by atoms with Gasteiger partial charge in [-0.3, -0.25) is 9.59 Å². The molecule has 0 aromatic rings. The van der Waals surface area contributed by atoms with Crippen molar-refractivity contribution in [3.8, 4) is 0 Å². The van der Waals surface area contributed by atoms with Gasteiger partial charge in [-0.2, -0.15) is 0 Å². The van der Waals surface area contributed by atoms with Gasteiger partial charge in [-0.05, 0) is 12.3 Å². The number of rotatable bonds is 7. The molecular weight excluding hydrogens is 178 g/mol.